The summed E-state index contributed by atoms with van der Waals surface area (Å²) in [6, 6.07) is 0.676. The third-order valence-corrected chi connectivity index (χ3v) is 8.00. The Balaban J connectivity index is 1.48. The van der Waals surface area contributed by atoms with E-state index in [1.54, 1.807) is 11.8 Å². The normalized spacial score (nSPS) is 34.5. The molecule has 8 heteroatoms. The van der Waals surface area contributed by atoms with Gasteiger partial charge in [-0.15, -0.1) is 0 Å². The van der Waals surface area contributed by atoms with Crippen molar-refractivity contribution in [2.24, 2.45) is 11.3 Å². The minimum atomic E-state index is -4.39. The number of halogens is 3. The molecule has 4 rings (SSSR count). The predicted octanol–water partition coefficient (Wildman–Crippen LogP) is 3.73. The maximum absolute atomic E-state index is 13.7. The molecular formula is C24H35F3N2O3. The number of ether oxygens (including phenoxy) is 1. The summed E-state index contributed by atoms with van der Waals surface area (Å²) >= 11 is 0. The van der Waals surface area contributed by atoms with Crippen molar-refractivity contribution in [3.8, 4) is 0 Å². The number of carbonyl (C=O) groups excluding carboxylic acids is 1. The highest BCUT2D eigenvalue weighted by Gasteiger charge is 2.48. The van der Waals surface area contributed by atoms with E-state index in [0.29, 0.717) is 23.6 Å². The first-order valence-corrected chi connectivity index (χ1v) is 11.9. The Labute approximate surface area is 188 Å². The quantitative estimate of drug-likeness (QED) is 0.677. The number of carbonyl (C=O) groups is 1. The first kappa shape index (κ1) is 23.8. The average molecular weight is 457 g/mol. The maximum atomic E-state index is 13.7. The van der Waals surface area contributed by atoms with Crippen LogP contribution in [0.3, 0.4) is 0 Å². The summed E-state index contributed by atoms with van der Waals surface area (Å²) in [5, 5.41) is 14.4. The summed E-state index contributed by atoms with van der Waals surface area (Å²) in [4.78, 5) is 15.3. The second kappa shape index (κ2) is 9.11. The number of aliphatic hydroxyl groups is 1. The number of β-amino-alcohol motifs (C(OH)–C–C–N with tert-alkyl or cyclic N) is 1. The molecule has 0 aromatic heterocycles. The SMILES string of the molecule is CC[C@]1(C(=O)N2CC3=C(CC(C)C(C(F)(F)F)=C3)C(O)C2)CC[C@@H](NC2CCOCC2)C1. The van der Waals surface area contributed by atoms with E-state index in [1.807, 2.05) is 6.92 Å². The Hall–Kier alpha value is -1.38. The molecule has 5 nitrogen and oxygen atoms in total. The van der Waals surface area contributed by atoms with Crippen molar-refractivity contribution in [3.05, 3.63) is 22.8 Å². The Kier molecular flexibility index (Phi) is 6.76. The van der Waals surface area contributed by atoms with Gasteiger partial charge in [0.1, 0.15) is 0 Å². The summed E-state index contributed by atoms with van der Waals surface area (Å²) in [6.45, 7) is 5.40. The van der Waals surface area contributed by atoms with Crippen molar-refractivity contribution >= 4 is 5.91 Å². The third-order valence-electron chi connectivity index (χ3n) is 8.00. The standard InChI is InChI=1S/C24H35F3N2O3/c1-3-23(7-4-18(12-23)28-17-5-8-32-9-6-17)22(31)29-13-16-11-20(24(25,26)27)15(2)10-19(16)21(30)14-29/h11,15,17-18,21,28,30H,3-10,12-14H2,1-2H3/t15?,18-,21?,23+/m1/s1. The van der Waals surface area contributed by atoms with Gasteiger partial charge in [-0.1, -0.05) is 13.8 Å². The highest BCUT2D eigenvalue weighted by molar-refractivity contribution is 5.84. The van der Waals surface area contributed by atoms with Crippen LogP contribution in [0.4, 0.5) is 13.2 Å². The predicted molar refractivity (Wildman–Crippen MR) is 115 cm³/mol. The largest absolute Gasteiger partial charge is 0.412 e. The Morgan fingerprint density at radius 3 is 2.66 bits per heavy atom. The third kappa shape index (κ3) is 4.64. The van der Waals surface area contributed by atoms with Crippen LogP contribution in [-0.4, -0.2) is 66.6 Å². The molecule has 2 N–H and O–H groups in total. The lowest BCUT2D eigenvalue weighted by atomic mass is 9.78. The van der Waals surface area contributed by atoms with Gasteiger partial charge in [-0.2, -0.15) is 13.2 Å². The lowest BCUT2D eigenvalue weighted by Crippen LogP contribution is -2.50. The van der Waals surface area contributed by atoms with E-state index < -0.39 is 29.2 Å². The zero-order chi connectivity index (χ0) is 23.1. The minimum Gasteiger partial charge on any atom is -0.387 e. The van der Waals surface area contributed by atoms with Gasteiger partial charge in [0.2, 0.25) is 5.91 Å². The number of nitrogens with one attached hydrogen (secondary N) is 1. The molecule has 2 heterocycles. The van der Waals surface area contributed by atoms with Crippen molar-refractivity contribution in [1.29, 1.82) is 0 Å². The summed E-state index contributed by atoms with van der Waals surface area (Å²) in [6.07, 6.45) is 1.14. The summed E-state index contributed by atoms with van der Waals surface area (Å²) in [5.41, 5.74) is 0.0397. The van der Waals surface area contributed by atoms with E-state index in [1.165, 1.54) is 6.08 Å². The molecule has 1 saturated carbocycles. The fourth-order valence-electron chi connectivity index (χ4n) is 6.06. The van der Waals surface area contributed by atoms with Crippen LogP contribution < -0.4 is 5.32 Å². The molecule has 4 atom stereocenters. The number of alkyl halides is 3. The van der Waals surface area contributed by atoms with Crippen LogP contribution in [0, 0.1) is 11.3 Å². The van der Waals surface area contributed by atoms with Gasteiger partial charge < -0.3 is 20.1 Å². The van der Waals surface area contributed by atoms with Crippen molar-refractivity contribution in [2.75, 3.05) is 26.3 Å². The molecule has 0 aromatic carbocycles. The fourth-order valence-corrected chi connectivity index (χ4v) is 6.06. The van der Waals surface area contributed by atoms with Gasteiger partial charge >= 0.3 is 6.18 Å². The molecule has 4 aliphatic rings. The monoisotopic (exact) mass is 456 g/mol. The van der Waals surface area contributed by atoms with E-state index in [2.05, 4.69) is 5.32 Å². The number of hydrogen-bond donors (Lipinski definition) is 2. The molecule has 2 aliphatic heterocycles. The molecule has 0 radical (unpaired) electrons. The molecule has 2 aliphatic carbocycles. The highest BCUT2D eigenvalue weighted by Crippen LogP contribution is 2.45. The fraction of sp³-hybridized carbons (Fsp3) is 0.792. The van der Waals surface area contributed by atoms with Crippen LogP contribution in [0.25, 0.3) is 0 Å². The number of nitrogens with zero attached hydrogens (tertiary/aromatic N) is 1. The first-order valence-electron chi connectivity index (χ1n) is 11.9. The molecule has 2 unspecified atom stereocenters. The number of rotatable bonds is 4. The molecule has 0 bridgehead atoms. The number of aliphatic hydroxyl groups excluding tert-OH is 1. The smallest absolute Gasteiger partial charge is 0.387 e. The Morgan fingerprint density at radius 1 is 1.28 bits per heavy atom. The van der Waals surface area contributed by atoms with Crippen LogP contribution in [0.15, 0.2) is 22.8 Å². The molecule has 1 saturated heterocycles. The number of hydrogen-bond acceptors (Lipinski definition) is 4. The first-order chi connectivity index (χ1) is 15.1. The zero-order valence-corrected chi connectivity index (χ0v) is 19.0. The van der Waals surface area contributed by atoms with Crippen molar-refractivity contribution in [3.63, 3.8) is 0 Å². The van der Waals surface area contributed by atoms with Crippen LogP contribution in [0.2, 0.25) is 0 Å². The van der Waals surface area contributed by atoms with E-state index in [-0.39, 0.29) is 31.5 Å². The molecule has 1 amide bonds. The molecule has 32 heavy (non-hydrogen) atoms. The lowest BCUT2D eigenvalue weighted by molar-refractivity contribution is -0.143. The topological polar surface area (TPSA) is 61.8 Å². The van der Waals surface area contributed by atoms with Gasteiger partial charge in [0.25, 0.3) is 0 Å². The Bertz CT molecular complexity index is 788. The van der Waals surface area contributed by atoms with Crippen LogP contribution in [0.1, 0.15) is 58.8 Å². The van der Waals surface area contributed by atoms with Gasteiger partial charge in [-0.3, -0.25) is 4.79 Å². The van der Waals surface area contributed by atoms with Crippen LogP contribution in [-0.2, 0) is 9.53 Å². The zero-order valence-electron chi connectivity index (χ0n) is 19.0. The Morgan fingerprint density at radius 2 is 2.00 bits per heavy atom. The van der Waals surface area contributed by atoms with Gasteiger partial charge in [-0.25, -0.2) is 0 Å². The summed E-state index contributed by atoms with van der Waals surface area (Å²) < 4.78 is 45.8. The van der Waals surface area contributed by atoms with Crippen LogP contribution in [0.5, 0.6) is 0 Å². The van der Waals surface area contributed by atoms with Crippen molar-refractivity contribution < 1.29 is 27.8 Å². The number of amides is 1. The molecule has 2 fully saturated rings. The van der Waals surface area contributed by atoms with Gasteiger partial charge in [0.15, 0.2) is 0 Å². The molecular weight excluding hydrogens is 421 g/mol. The highest BCUT2D eigenvalue weighted by atomic mass is 19.4. The van der Waals surface area contributed by atoms with Crippen LogP contribution >= 0.6 is 0 Å². The molecule has 0 aromatic rings. The van der Waals surface area contributed by atoms with E-state index in [4.69, 9.17) is 4.74 Å². The van der Waals surface area contributed by atoms with E-state index >= 15 is 0 Å². The summed E-state index contributed by atoms with van der Waals surface area (Å²) in [7, 11) is 0. The summed E-state index contributed by atoms with van der Waals surface area (Å²) in [5.74, 6) is -0.707. The van der Waals surface area contributed by atoms with E-state index in [0.717, 1.165) is 45.3 Å². The molecule has 180 valence electrons. The van der Waals surface area contributed by atoms with Crippen molar-refractivity contribution in [1.82, 2.24) is 10.2 Å². The maximum Gasteiger partial charge on any atom is 0.412 e. The van der Waals surface area contributed by atoms with Gasteiger partial charge in [0.05, 0.1) is 18.1 Å². The van der Waals surface area contributed by atoms with Gasteiger partial charge in [-0.05, 0) is 68.1 Å². The average Bonchev–Trinajstić information content (AvgIpc) is 3.17. The second-order valence-corrected chi connectivity index (χ2v) is 10.1. The van der Waals surface area contributed by atoms with Gasteiger partial charge in [0, 0.05) is 37.4 Å². The number of allylic oxidation sites excluding steroid dienone is 1. The van der Waals surface area contributed by atoms with Crippen molar-refractivity contribution in [2.45, 2.75) is 83.2 Å². The minimum absolute atomic E-state index is 0.0255. The molecule has 0 spiro atoms. The lowest BCUT2D eigenvalue weighted by Gasteiger charge is -2.41. The van der Waals surface area contributed by atoms with E-state index in [9.17, 15) is 23.1 Å². The second-order valence-electron chi connectivity index (χ2n) is 10.1.